The van der Waals surface area contributed by atoms with Crippen molar-refractivity contribution in [1.29, 1.82) is 0 Å². The van der Waals surface area contributed by atoms with Gasteiger partial charge in [-0.15, -0.1) is 0 Å². The van der Waals surface area contributed by atoms with E-state index >= 15 is 0 Å². The maximum atomic E-state index is 12.8. The summed E-state index contributed by atoms with van der Waals surface area (Å²) in [4.78, 5) is 0.151. The Hall–Kier alpha value is -2.05. The van der Waals surface area contributed by atoms with Gasteiger partial charge in [0.25, 0.3) is 10.0 Å². The number of hydrogen-bond donors (Lipinski definition) is 1. The average Bonchev–Trinajstić information content (AvgIpc) is 2.53. The van der Waals surface area contributed by atoms with Crippen LogP contribution in [0.15, 0.2) is 59.5 Å². The van der Waals surface area contributed by atoms with Crippen molar-refractivity contribution in [3.8, 4) is 5.75 Å². The molecule has 0 aliphatic rings. The number of para-hydroxylation sites is 1. The zero-order valence-electron chi connectivity index (χ0n) is 12.5. The smallest absolute Gasteiger partial charge is 0.264 e. The summed E-state index contributed by atoms with van der Waals surface area (Å²) in [5, 5.41) is 9.65. The van der Waals surface area contributed by atoms with E-state index in [4.69, 9.17) is 4.74 Å². The van der Waals surface area contributed by atoms with Crippen LogP contribution in [0.25, 0.3) is 0 Å². The van der Waals surface area contributed by atoms with E-state index in [1.807, 2.05) is 6.07 Å². The molecule has 0 fully saturated rings. The van der Waals surface area contributed by atoms with Gasteiger partial charge in [0.1, 0.15) is 5.75 Å². The number of sulfonamides is 1. The summed E-state index contributed by atoms with van der Waals surface area (Å²) in [5.41, 5.74) is 0.513. The highest BCUT2D eigenvalue weighted by molar-refractivity contribution is 7.92. The molecule has 0 aliphatic heterocycles. The molecular formula is C16H19NO4S. The van der Waals surface area contributed by atoms with E-state index in [0.717, 1.165) is 0 Å². The van der Waals surface area contributed by atoms with Crippen molar-refractivity contribution in [2.75, 3.05) is 18.0 Å². The van der Waals surface area contributed by atoms with Crippen LogP contribution in [0.5, 0.6) is 5.75 Å². The molecule has 0 saturated carbocycles. The van der Waals surface area contributed by atoms with Gasteiger partial charge < -0.3 is 9.84 Å². The first kappa shape index (κ1) is 16.3. The minimum absolute atomic E-state index is 0.0155. The fourth-order valence-corrected chi connectivity index (χ4v) is 3.60. The first-order valence-electron chi connectivity index (χ1n) is 6.85. The first-order valence-corrected chi connectivity index (χ1v) is 8.29. The number of aliphatic hydroxyl groups excluding tert-OH is 1. The molecule has 22 heavy (non-hydrogen) atoms. The van der Waals surface area contributed by atoms with E-state index in [2.05, 4.69) is 0 Å². The molecule has 2 aromatic rings. The number of hydrogen-bond acceptors (Lipinski definition) is 4. The highest BCUT2D eigenvalue weighted by Crippen LogP contribution is 2.25. The second kappa shape index (κ2) is 6.81. The highest BCUT2D eigenvalue weighted by Gasteiger charge is 2.26. The monoisotopic (exact) mass is 321 g/mol. The first-order chi connectivity index (χ1) is 10.4. The van der Waals surface area contributed by atoms with Gasteiger partial charge in [-0.25, -0.2) is 8.42 Å². The molecule has 0 heterocycles. The number of anilines is 1. The molecule has 6 heteroatoms. The van der Waals surface area contributed by atoms with E-state index in [0.29, 0.717) is 11.4 Å². The van der Waals surface area contributed by atoms with Crippen molar-refractivity contribution in [3.63, 3.8) is 0 Å². The van der Waals surface area contributed by atoms with Gasteiger partial charge in [-0.05, 0) is 43.3 Å². The number of aliphatic hydroxyl groups is 1. The molecule has 0 saturated heterocycles. The number of benzene rings is 2. The maximum absolute atomic E-state index is 12.8. The van der Waals surface area contributed by atoms with Crippen molar-refractivity contribution in [2.24, 2.45) is 0 Å². The average molecular weight is 321 g/mol. The number of ether oxygens (including phenoxy) is 1. The molecule has 118 valence electrons. The van der Waals surface area contributed by atoms with Gasteiger partial charge in [-0.3, -0.25) is 4.31 Å². The zero-order chi connectivity index (χ0) is 16.2. The van der Waals surface area contributed by atoms with Crippen molar-refractivity contribution in [1.82, 2.24) is 0 Å². The summed E-state index contributed by atoms with van der Waals surface area (Å²) >= 11 is 0. The Kier molecular flexibility index (Phi) is 5.05. The minimum Gasteiger partial charge on any atom is -0.497 e. The van der Waals surface area contributed by atoms with E-state index in [-0.39, 0.29) is 11.4 Å². The van der Waals surface area contributed by atoms with Gasteiger partial charge in [0.05, 0.1) is 30.3 Å². The van der Waals surface area contributed by atoms with E-state index < -0.39 is 16.1 Å². The normalized spacial score (nSPS) is 12.7. The lowest BCUT2D eigenvalue weighted by atomic mass is 10.3. The van der Waals surface area contributed by atoms with E-state index in [1.54, 1.807) is 43.3 Å². The van der Waals surface area contributed by atoms with Crippen LogP contribution in [0, 0.1) is 0 Å². The van der Waals surface area contributed by atoms with Crippen LogP contribution in [-0.4, -0.2) is 33.3 Å². The Balaban J connectivity index is 2.44. The summed E-state index contributed by atoms with van der Waals surface area (Å²) in [7, 11) is -2.24. The Labute approximate surface area is 130 Å². The molecule has 0 unspecified atom stereocenters. The molecule has 2 rings (SSSR count). The third-order valence-corrected chi connectivity index (χ3v) is 4.93. The van der Waals surface area contributed by atoms with Crippen LogP contribution >= 0.6 is 0 Å². The molecule has 0 bridgehead atoms. The molecular weight excluding hydrogens is 302 g/mol. The molecule has 0 aliphatic carbocycles. The molecule has 0 aromatic heterocycles. The summed E-state index contributed by atoms with van der Waals surface area (Å²) in [6.45, 7) is 1.54. The number of rotatable bonds is 6. The predicted octanol–water partition coefficient (Wildman–Crippen LogP) is 2.27. The van der Waals surface area contributed by atoms with Crippen LogP contribution in [0.2, 0.25) is 0 Å². The lowest BCUT2D eigenvalue weighted by Gasteiger charge is -2.25. The van der Waals surface area contributed by atoms with Crippen molar-refractivity contribution in [2.45, 2.75) is 17.9 Å². The molecule has 0 radical (unpaired) electrons. The van der Waals surface area contributed by atoms with Crippen LogP contribution in [0.1, 0.15) is 6.92 Å². The van der Waals surface area contributed by atoms with Gasteiger partial charge >= 0.3 is 0 Å². The molecule has 5 nitrogen and oxygen atoms in total. The molecule has 0 amide bonds. The van der Waals surface area contributed by atoms with Crippen LogP contribution in [-0.2, 0) is 10.0 Å². The molecule has 1 N–H and O–H groups in total. The largest absolute Gasteiger partial charge is 0.497 e. The third kappa shape index (κ3) is 3.58. The second-order valence-corrected chi connectivity index (χ2v) is 6.76. The van der Waals surface area contributed by atoms with Gasteiger partial charge in [-0.2, -0.15) is 0 Å². The molecule has 2 aromatic carbocycles. The van der Waals surface area contributed by atoms with Gasteiger partial charge in [0.15, 0.2) is 0 Å². The standard InChI is InChI=1S/C16H19NO4S/c1-13(18)12-17(14-6-4-3-5-7-14)22(19,20)16-10-8-15(21-2)9-11-16/h3-11,13,18H,12H2,1-2H3/t13-/m0/s1. The number of methoxy groups -OCH3 is 1. The zero-order valence-corrected chi connectivity index (χ0v) is 13.3. The SMILES string of the molecule is COc1ccc(S(=O)(=O)N(C[C@H](C)O)c2ccccc2)cc1. The fourth-order valence-electron chi connectivity index (χ4n) is 2.05. The summed E-state index contributed by atoms with van der Waals surface area (Å²) in [5.74, 6) is 0.584. The summed E-state index contributed by atoms with van der Waals surface area (Å²) < 4.78 is 31.9. The van der Waals surface area contributed by atoms with Crippen molar-refractivity contribution < 1.29 is 18.3 Å². The molecule has 1 atom stereocenters. The van der Waals surface area contributed by atoms with Crippen LogP contribution < -0.4 is 9.04 Å². The Morgan fingerprint density at radius 3 is 2.18 bits per heavy atom. The van der Waals surface area contributed by atoms with Crippen molar-refractivity contribution >= 4 is 15.7 Å². The van der Waals surface area contributed by atoms with Gasteiger partial charge in [0, 0.05) is 0 Å². The van der Waals surface area contributed by atoms with E-state index in [9.17, 15) is 13.5 Å². The quantitative estimate of drug-likeness (QED) is 0.886. The molecule has 0 spiro atoms. The Morgan fingerprint density at radius 2 is 1.68 bits per heavy atom. The second-order valence-electron chi connectivity index (χ2n) is 4.90. The van der Waals surface area contributed by atoms with E-state index in [1.165, 1.54) is 23.5 Å². The van der Waals surface area contributed by atoms with Crippen molar-refractivity contribution in [3.05, 3.63) is 54.6 Å². The lowest BCUT2D eigenvalue weighted by Crippen LogP contribution is -2.36. The maximum Gasteiger partial charge on any atom is 0.264 e. The lowest BCUT2D eigenvalue weighted by molar-refractivity contribution is 0.204. The predicted molar refractivity (Wildman–Crippen MR) is 85.6 cm³/mol. The minimum atomic E-state index is -3.76. The van der Waals surface area contributed by atoms with Gasteiger partial charge in [0.2, 0.25) is 0 Å². The van der Waals surface area contributed by atoms with Crippen LogP contribution in [0.4, 0.5) is 5.69 Å². The van der Waals surface area contributed by atoms with Crippen LogP contribution in [0.3, 0.4) is 0 Å². The van der Waals surface area contributed by atoms with Gasteiger partial charge in [-0.1, -0.05) is 18.2 Å². The topological polar surface area (TPSA) is 66.8 Å². The number of nitrogens with zero attached hydrogens (tertiary/aromatic N) is 1. The summed E-state index contributed by atoms with van der Waals surface area (Å²) in [6.07, 6.45) is -0.784. The Bertz CT molecular complexity index is 697. The fraction of sp³-hybridized carbons (Fsp3) is 0.250. The Morgan fingerprint density at radius 1 is 1.09 bits per heavy atom. The third-order valence-electron chi connectivity index (χ3n) is 3.12. The summed E-state index contributed by atoms with van der Waals surface area (Å²) in [6, 6.07) is 14.9. The highest BCUT2D eigenvalue weighted by atomic mass is 32.2.